The van der Waals surface area contributed by atoms with E-state index in [1.165, 1.54) is 43.4 Å². The van der Waals surface area contributed by atoms with Gasteiger partial charge in [0.2, 0.25) is 0 Å². The predicted molar refractivity (Wildman–Crippen MR) is 113 cm³/mol. The highest BCUT2D eigenvalue weighted by Gasteiger charge is 2.17. The number of hydrogen-bond donors (Lipinski definition) is 0. The summed E-state index contributed by atoms with van der Waals surface area (Å²) in [4.78, 5) is 0. The molecular formula is C24H13BrO. The van der Waals surface area contributed by atoms with Gasteiger partial charge in [-0.15, -0.1) is 0 Å². The first-order valence-corrected chi connectivity index (χ1v) is 9.44. The molecule has 0 saturated carbocycles. The molecule has 1 aromatic heterocycles. The first kappa shape index (κ1) is 14.3. The fourth-order valence-corrected chi connectivity index (χ4v) is 4.69. The molecule has 5 aromatic carbocycles. The van der Waals surface area contributed by atoms with Crippen molar-refractivity contribution in [1.29, 1.82) is 0 Å². The Morgan fingerprint density at radius 3 is 2.00 bits per heavy atom. The number of furan rings is 1. The Balaban J connectivity index is 1.84. The van der Waals surface area contributed by atoms with Gasteiger partial charge < -0.3 is 4.42 Å². The Labute approximate surface area is 158 Å². The first-order chi connectivity index (χ1) is 12.8. The topological polar surface area (TPSA) is 13.1 Å². The molecule has 0 aliphatic carbocycles. The van der Waals surface area contributed by atoms with Gasteiger partial charge in [-0.2, -0.15) is 0 Å². The van der Waals surface area contributed by atoms with E-state index >= 15 is 0 Å². The first-order valence-electron chi connectivity index (χ1n) is 8.65. The summed E-state index contributed by atoms with van der Waals surface area (Å²) in [6.45, 7) is 0. The summed E-state index contributed by atoms with van der Waals surface area (Å²) in [5.41, 5.74) is 4.35. The molecule has 0 bridgehead atoms. The van der Waals surface area contributed by atoms with Gasteiger partial charge in [-0.05, 0) is 56.9 Å². The van der Waals surface area contributed by atoms with Crippen LogP contribution in [0.5, 0.6) is 0 Å². The van der Waals surface area contributed by atoms with E-state index in [-0.39, 0.29) is 0 Å². The number of benzene rings is 5. The Bertz CT molecular complexity index is 1440. The highest BCUT2D eigenvalue weighted by atomic mass is 79.9. The summed E-state index contributed by atoms with van der Waals surface area (Å²) in [7, 11) is 0. The molecule has 26 heavy (non-hydrogen) atoms. The van der Waals surface area contributed by atoms with Gasteiger partial charge >= 0.3 is 0 Å². The lowest BCUT2D eigenvalue weighted by Crippen LogP contribution is -1.85. The maximum atomic E-state index is 6.11. The van der Waals surface area contributed by atoms with E-state index < -0.39 is 0 Å². The fourth-order valence-electron chi connectivity index (χ4n) is 4.18. The third-order valence-electron chi connectivity index (χ3n) is 5.31. The van der Waals surface area contributed by atoms with Gasteiger partial charge in [0.1, 0.15) is 11.2 Å². The molecule has 122 valence electrons. The van der Waals surface area contributed by atoms with Gasteiger partial charge in [0, 0.05) is 15.2 Å². The monoisotopic (exact) mass is 396 g/mol. The van der Waals surface area contributed by atoms with Crippen molar-refractivity contribution in [3.05, 3.63) is 83.3 Å². The molecule has 1 heterocycles. The highest BCUT2D eigenvalue weighted by Crippen LogP contribution is 2.43. The molecule has 2 heteroatoms. The molecule has 0 unspecified atom stereocenters. The number of fused-ring (bicyclic) bond motifs is 3. The highest BCUT2D eigenvalue weighted by molar-refractivity contribution is 9.10. The zero-order chi connectivity index (χ0) is 17.3. The number of rotatable bonds is 1. The van der Waals surface area contributed by atoms with E-state index in [0.29, 0.717) is 0 Å². The van der Waals surface area contributed by atoms with E-state index in [0.717, 1.165) is 15.6 Å². The molecule has 1 nitrogen and oxygen atoms in total. The van der Waals surface area contributed by atoms with Gasteiger partial charge in [-0.1, -0.05) is 70.5 Å². The predicted octanol–water partition coefficient (Wildman–Crippen LogP) is 7.76. The van der Waals surface area contributed by atoms with Crippen LogP contribution in [-0.2, 0) is 0 Å². The summed E-state index contributed by atoms with van der Waals surface area (Å²) in [6.07, 6.45) is 0. The van der Waals surface area contributed by atoms with Crippen LogP contribution < -0.4 is 0 Å². The Hall–Kier alpha value is -2.84. The standard InChI is InChI=1S/C24H13BrO/c25-20-8-2-1-5-15(20)14-11-12-16-17-6-3-9-21-23(17)24-18(19(16)13-14)7-4-10-22(24)26-21/h1-13H. The molecule has 6 rings (SSSR count). The molecule has 0 aliphatic rings. The quantitative estimate of drug-likeness (QED) is 0.259. The minimum atomic E-state index is 0.960. The molecule has 0 amide bonds. The van der Waals surface area contributed by atoms with Crippen molar-refractivity contribution < 1.29 is 4.42 Å². The van der Waals surface area contributed by atoms with Gasteiger partial charge in [-0.25, -0.2) is 0 Å². The van der Waals surface area contributed by atoms with Crippen molar-refractivity contribution in [2.75, 3.05) is 0 Å². The van der Waals surface area contributed by atoms with E-state index in [4.69, 9.17) is 4.42 Å². The van der Waals surface area contributed by atoms with Crippen LogP contribution in [0.1, 0.15) is 0 Å². The van der Waals surface area contributed by atoms with E-state index in [9.17, 15) is 0 Å². The largest absolute Gasteiger partial charge is 0.456 e. The van der Waals surface area contributed by atoms with Crippen molar-refractivity contribution in [2.24, 2.45) is 0 Å². The Morgan fingerprint density at radius 1 is 0.577 bits per heavy atom. The van der Waals surface area contributed by atoms with Gasteiger partial charge in [0.25, 0.3) is 0 Å². The Kier molecular flexibility index (Phi) is 2.81. The zero-order valence-corrected chi connectivity index (χ0v) is 15.4. The molecular weight excluding hydrogens is 384 g/mol. The normalized spacial score (nSPS) is 12.0. The second-order valence-corrected chi connectivity index (χ2v) is 7.55. The van der Waals surface area contributed by atoms with Gasteiger partial charge in [-0.3, -0.25) is 0 Å². The fraction of sp³-hybridized carbons (Fsp3) is 0. The molecule has 0 fully saturated rings. The molecule has 0 radical (unpaired) electrons. The van der Waals surface area contributed by atoms with Gasteiger partial charge in [0.15, 0.2) is 0 Å². The molecule has 0 N–H and O–H groups in total. The van der Waals surface area contributed by atoms with Crippen LogP contribution >= 0.6 is 15.9 Å². The van der Waals surface area contributed by atoms with Crippen LogP contribution in [0.25, 0.3) is 54.6 Å². The second-order valence-electron chi connectivity index (χ2n) is 6.70. The maximum absolute atomic E-state index is 6.11. The second kappa shape index (κ2) is 5.09. The molecule has 0 aliphatic heterocycles. The van der Waals surface area contributed by atoms with Crippen LogP contribution in [0, 0.1) is 0 Å². The third-order valence-corrected chi connectivity index (χ3v) is 6.00. The van der Waals surface area contributed by atoms with Crippen LogP contribution in [0.15, 0.2) is 87.8 Å². The Morgan fingerprint density at radius 2 is 1.27 bits per heavy atom. The van der Waals surface area contributed by atoms with Crippen molar-refractivity contribution in [3.63, 3.8) is 0 Å². The summed E-state index contributed by atoms with van der Waals surface area (Å²) in [5, 5.41) is 7.52. The maximum Gasteiger partial charge on any atom is 0.136 e. The lowest BCUT2D eigenvalue weighted by atomic mass is 9.92. The summed E-state index contributed by atoms with van der Waals surface area (Å²) >= 11 is 3.69. The average molecular weight is 397 g/mol. The molecule has 6 aromatic rings. The molecule has 0 saturated heterocycles. The van der Waals surface area contributed by atoms with Gasteiger partial charge in [0.05, 0.1) is 0 Å². The molecule has 0 spiro atoms. The minimum Gasteiger partial charge on any atom is -0.456 e. The lowest BCUT2D eigenvalue weighted by Gasteiger charge is -2.11. The average Bonchev–Trinajstić information content (AvgIpc) is 3.07. The van der Waals surface area contributed by atoms with Crippen LogP contribution in [0.3, 0.4) is 0 Å². The summed E-state index contributed by atoms with van der Waals surface area (Å²) < 4.78 is 7.22. The zero-order valence-electron chi connectivity index (χ0n) is 13.8. The summed E-state index contributed by atoms with van der Waals surface area (Å²) in [5.74, 6) is 0. The van der Waals surface area contributed by atoms with E-state index in [1.54, 1.807) is 0 Å². The van der Waals surface area contributed by atoms with E-state index in [2.05, 4.69) is 88.7 Å². The van der Waals surface area contributed by atoms with Crippen molar-refractivity contribution in [2.45, 2.75) is 0 Å². The minimum absolute atomic E-state index is 0.960. The smallest absolute Gasteiger partial charge is 0.136 e. The van der Waals surface area contributed by atoms with Crippen LogP contribution in [-0.4, -0.2) is 0 Å². The number of hydrogen-bond acceptors (Lipinski definition) is 1. The van der Waals surface area contributed by atoms with Crippen molar-refractivity contribution in [3.8, 4) is 11.1 Å². The SMILES string of the molecule is Brc1ccccc1-c1ccc2c(c1)c1cccc3oc4cccc2c4c31. The lowest BCUT2D eigenvalue weighted by molar-refractivity contribution is 0.669. The summed E-state index contributed by atoms with van der Waals surface area (Å²) in [6, 6.07) is 27.8. The van der Waals surface area contributed by atoms with Crippen molar-refractivity contribution >= 4 is 59.4 Å². The van der Waals surface area contributed by atoms with E-state index in [1.807, 2.05) is 6.07 Å². The van der Waals surface area contributed by atoms with Crippen LogP contribution in [0.2, 0.25) is 0 Å². The van der Waals surface area contributed by atoms with Crippen LogP contribution in [0.4, 0.5) is 0 Å². The third kappa shape index (κ3) is 1.80. The van der Waals surface area contributed by atoms with Crippen molar-refractivity contribution in [1.82, 2.24) is 0 Å². The molecule has 0 atom stereocenters. The number of halogens is 1.